The number of carbonyl (C=O) groups is 2. The van der Waals surface area contributed by atoms with Gasteiger partial charge in [-0.2, -0.15) is 0 Å². The molecule has 0 fully saturated rings. The van der Waals surface area contributed by atoms with E-state index in [9.17, 15) is 9.59 Å². The summed E-state index contributed by atoms with van der Waals surface area (Å²) in [5.74, 6) is 0.331. The second kappa shape index (κ2) is 6.05. The molecule has 0 saturated carbocycles. The van der Waals surface area contributed by atoms with Crippen molar-refractivity contribution in [2.75, 3.05) is 18.6 Å². The fourth-order valence-electron chi connectivity index (χ4n) is 1.37. The van der Waals surface area contributed by atoms with Crippen LogP contribution in [0.2, 0.25) is 0 Å². The Labute approximate surface area is 106 Å². The maximum atomic E-state index is 11.6. The Bertz CT molecular complexity index is 425. The van der Waals surface area contributed by atoms with Gasteiger partial charge in [-0.15, -0.1) is 0 Å². The minimum atomic E-state index is -1.14. The van der Waals surface area contributed by atoms with Crippen LogP contribution in [0.4, 0.5) is 10.5 Å². The van der Waals surface area contributed by atoms with Gasteiger partial charge in [0, 0.05) is 11.6 Å². The number of amides is 1. The molecule has 0 radical (unpaired) electrons. The Balaban J connectivity index is 2.90. The maximum absolute atomic E-state index is 11.6. The van der Waals surface area contributed by atoms with Crippen molar-refractivity contribution in [2.24, 2.45) is 5.92 Å². The van der Waals surface area contributed by atoms with E-state index in [1.165, 1.54) is 7.11 Å². The minimum Gasteiger partial charge on any atom is -0.497 e. The summed E-state index contributed by atoms with van der Waals surface area (Å²) in [7, 11) is 1.53. The van der Waals surface area contributed by atoms with Crippen LogP contribution >= 0.6 is 0 Å². The van der Waals surface area contributed by atoms with Gasteiger partial charge in [0.05, 0.1) is 13.7 Å². The van der Waals surface area contributed by atoms with E-state index >= 15 is 0 Å². The fraction of sp³-hybridized carbons (Fsp3) is 0.385. The summed E-state index contributed by atoms with van der Waals surface area (Å²) >= 11 is 0. The topological polar surface area (TPSA) is 66.8 Å². The number of rotatable bonds is 5. The largest absolute Gasteiger partial charge is 0.497 e. The summed E-state index contributed by atoms with van der Waals surface area (Å²) in [4.78, 5) is 23.8. The van der Waals surface area contributed by atoms with E-state index in [-0.39, 0.29) is 18.2 Å². The summed E-state index contributed by atoms with van der Waals surface area (Å²) in [6.45, 7) is 3.35. The Hall–Kier alpha value is -2.04. The first kappa shape index (κ1) is 14.0. The van der Waals surface area contributed by atoms with Crippen LogP contribution in [0.25, 0.3) is 0 Å². The highest BCUT2D eigenvalue weighted by Gasteiger charge is 2.19. The lowest BCUT2D eigenvalue weighted by atomic mass is 10.1. The molecule has 1 amide bonds. The van der Waals surface area contributed by atoms with E-state index in [0.717, 1.165) is 4.90 Å². The number of Topliss-reactive ketones (excluding diaryl/α,β-unsaturated/α-hetero) is 1. The van der Waals surface area contributed by atoms with Crippen molar-refractivity contribution in [1.29, 1.82) is 0 Å². The first-order valence-electron chi connectivity index (χ1n) is 5.63. The van der Waals surface area contributed by atoms with Gasteiger partial charge in [-0.05, 0) is 24.3 Å². The Morgan fingerprint density at radius 1 is 1.28 bits per heavy atom. The van der Waals surface area contributed by atoms with Crippen LogP contribution in [0, 0.1) is 5.92 Å². The Morgan fingerprint density at radius 2 is 1.83 bits per heavy atom. The van der Waals surface area contributed by atoms with Crippen molar-refractivity contribution in [3.8, 4) is 5.75 Å². The van der Waals surface area contributed by atoms with Crippen LogP contribution in [-0.2, 0) is 4.79 Å². The normalized spacial score (nSPS) is 10.2. The number of nitrogens with zero attached hydrogens (tertiary/aromatic N) is 1. The van der Waals surface area contributed by atoms with E-state index in [1.54, 1.807) is 38.1 Å². The molecule has 5 heteroatoms. The smallest absolute Gasteiger partial charge is 0.412 e. The first-order chi connectivity index (χ1) is 8.45. The van der Waals surface area contributed by atoms with Crippen molar-refractivity contribution < 1.29 is 19.4 Å². The highest BCUT2D eigenvalue weighted by molar-refractivity contribution is 5.95. The van der Waals surface area contributed by atoms with Crippen LogP contribution < -0.4 is 9.64 Å². The van der Waals surface area contributed by atoms with Gasteiger partial charge in [0.2, 0.25) is 0 Å². The van der Waals surface area contributed by atoms with Gasteiger partial charge in [0.15, 0.2) is 5.78 Å². The van der Waals surface area contributed by atoms with Gasteiger partial charge in [-0.1, -0.05) is 13.8 Å². The average molecular weight is 251 g/mol. The van der Waals surface area contributed by atoms with E-state index in [2.05, 4.69) is 0 Å². The fourth-order valence-corrected chi connectivity index (χ4v) is 1.37. The van der Waals surface area contributed by atoms with E-state index < -0.39 is 6.09 Å². The molecule has 5 nitrogen and oxygen atoms in total. The first-order valence-corrected chi connectivity index (χ1v) is 5.63. The highest BCUT2D eigenvalue weighted by Crippen LogP contribution is 2.19. The molecule has 0 aromatic heterocycles. The molecule has 1 rings (SSSR count). The molecule has 0 unspecified atom stereocenters. The third-order valence-electron chi connectivity index (χ3n) is 2.57. The van der Waals surface area contributed by atoms with Crippen molar-refractivity contribution in [3.63, 3.8) is 0 Å². The molecule has 1 aromatic rings. The predicted molar refractivity (Wildman–Crippen MR) is 68.2 cm³/mol. The number of ketones is 1. The molecule has 98 valence electrons. The van der Waals surface area contributed by atoms with Crippen molar-refractivity contribution in [2.45, 2.75) is 13.8 Å². The number of benzene rings is 1. The van der Waals surface area contributed by atoms with E-state index in [4.69, 9.17) is 9.84 Å². The number of carbonyl (C=O) groups excluding carboxylic acids is 1. The molecule has 0 atom stereocenters. The number of methoxy groups -OCH3 is 1. The van der Waals surface area contributed by atoms with Crippen molar-refractivity contribution in [1.82, 2.24) is 0 Å². The molecule has 0 aliphatic heterocycles. The third kappa shape index (κ3) is 3.48. The van der Waals surface area contributed by atoms with Crippen LogP contribution in [0.1, 0.15) is 13.8 Å². The van der Waals surface area contributed by atoms with Gasteiger partial charge in [-0.25, -0.2) is 4.79 Å². The molecule has 1 aromatic carbocycles. The molecular weight excluding hydrogens is 234 g/mol. The molecule has 0 aliphatic rings. The lowest BCUT2D eigenvalue weighted by Crippen LogP contribution is -2.36. The molecular formula is C13H17NO4. The van der Waals surface area contributed by atoms with Crippen LogP contribution in [-0.4, -0.2) is 30.6 Å². The van der Waals surface area contributed by atoms with Crippen molar-refractivity contribution >= 4 is 17.6 Å². The van der Waals surface area contributed by atoms with Crippen LogP contribution in [0.5, 0.6) is 5.75 Å². The van der Waals surface area contributed by atoms with Crippen LogP contribution in [0.15, 0.2) is 24.3 Å². The monoisotopic (exact) mass is 251 g/mol. The number of ether oxygens (including phenoxy) is 1. The van der Waals surface area contributed by atoms with Crippen LogP contribution in [0.3, 0.4) is 0 Å². The Morgan fingerprint density at radius 3 is 2.22 bits per heavy atom. The van der Waals surface area contributed by atoms with Gasteiger partial charge < -0.3 is 9.84 Å². The standard InChI is InChI=1S/C13H17NO4/c1-9(2)12(15)8-14(13(16)17)10-4-6-11(18-3)7-5-10/h4-7,9H,8H2,1-3H3,(H,16,17). The van der Waals surface area contributed by atoms with Gasteiger partial charge in [-0.3, -0.25) is 9.69 Å². The number of carboxylic acid groups (broad SMARTS) is 1. The van der Waals surface area contributed by atoms with E-state index in [1.807, 2.05) is 0 Å². The summed E-state index contributed by atoms with van der Waals surface area (Å²) < 4.78 is 5.00. The van der Waals surface area contributed by atoms with Gasteiger partial charge >= 0.3 is 6.09 Å². The predicted octanol–water partition coefficient (Wildman–Crippen LogP) is 2.40. The zero-order valence-corrected chi connectivity index (χ0v) is 10.7. The number of anilines is 1. The zero-order valence-electron chi connectivity index (χ0n) is 10.7. The quantitative estimate of drug-likeness (QED) is 0.872. The Kier molecular flexibility index (Phi) is 4.71. The zero-order chi connectivity index (χ0) is 13.7. The van der Waals surface area contributed by atoms with Gasteiger partial charge in [0.25, 0.3) is 0 Å². The summed E-state index contributed by atoms with van der Waals surface area (Å²) in [5, 5.41) is 9.13. The molecule has 18 heavy (non-hydrogen) atoms. The molecule has 0 spiro atoms. The highest BCUT2D eigenvalue weighted by atomic mass is 16.5. The minimum absolute atomic E-state index is 0.117. The molecule has 1 N–H and O–H groups in total. The average Bonchev–Trinajstić information content (AvgIpc) is 2.35. The molecule has 0 saturated heterocycles. The summed E-state index contributed by atoms with van der Waals surface area (Å²) in [6.07, 6.45) is -1.14. The second-order valence-corrected chi connectivity index (χ2v) is 4.19. The SMILES string of the molecule is COc1ccc(N(CC(=O)C(C)C)C(=O)O)cc1. The second-order valence-electron chi connectivity index (χ2n) is 4.19. The van der Waals surface area contributed by atoms with E-state index in [0.29, 0.717) is 11.4 Å². The molecule has 0 bridgehead atoms. The van der Waals surface area contributed by atoms with Crippen molar-refractivity contribution in [3.05, 3.63) is 24.3 Å². The molecule has 0 aliphatic carbocycles. The summed E-state index contributed by atoms with van der Waals surface area (Å²) in [5.41, 5.74) is 0.456. The lowest BCUT2D eigenvalue weighted by molar-refractivity contribution is -0.120. The number of hydrogen-bond donors (Lipinski definition) is 1. The van der Waals surface area contributed by atoms with Gasteiger partial charge in [0.1, 0.15) is 5.75 Å². The maximum Gasteiger partial charge on any atom is 0.412 e. The molecule has 0 heterocycles. The lowest BCUT2D eigenvalue weighted by Gasteiger charge is -2.19. The third-order valence-corrected chi connectivity index (χ3v) is 2.57. The summed E-state index contributed by atoms with van der Waals surface area (Å²) in [6, 6.07) is 6.54. The number of hydrogen-bond acceptors (Lipinski definition) is 3.